The molecule has 238 valence electrons. The molecule has 2 fully saturated rings. The molecule has 9 nitrogen and oxygen atoms in total. The van der Waals surface area contributed by atoms with Crippen LogP contribution in [0.5, 0.6) is 0 Å². The molecular formula is C34H47N5O4S. The zero-order valence-corrected chi connectivity index (χ0v) is 26.8. The van der Waals surface area contributed by atoms with Crippen LogP contribution >= 0.6 is 11.8 Å². The molecule has 4 atom stereocenters. The van der Waals surface area contributed by atoms with Crippen LogP contribution in [0.1, 0.15) is 42.4 Å². The summed E-state index contributed by atoms with van der Waals surface area (Å²) in [6.07, 6.45) is 4.31. The van der Waals surface area contributed by atoms with Gasteiger partial charge < -0.3 is 20.0 Å². The Hall–Kier alpha value is -2.94. The second kappa shape index (κ2) is 17.5. The summed E-state index contributed by atoms with van der Waals surface area (Å²) in [7, 11) is 0. The Morgan fingerprint density at radius 1 is 0.705 bits per heavy atom. The van der Waals surface area contributed by atoms with Gasteiger partial charge in [-0.15, -0.1) is 0 Å². The van der Waals surface area contributed by atoms with Crippen molar-refractivity contribution >= 4 is 23.7 Å². The molecule has 0 radical (unpaired) electrons. The van der Waals surface area contributed by atoms with Crippen LogP contribution < -0.4 is 0 Å². The average molecular weight is 622 g/mol. The maximum atomic E-state index is 12.4. The van der Waals surface area contributed by atoms with E-state index in [2.05, 4.69) is 56.2 Å². The topological polar surface area (TPSA) is 111 Å². The van der Waals surface area contributed by atoms with Crippen molar-refractivity contribution in [1.29, 1.82) is 5.26 Å². The first kappa shape index (κ1) is 33.9. The standard InChI is InChI=1S/C34H47N5O4S/c1-27-4-6-28(7-5-27)10-14-31(33(40)41)38-18-2-16-37-21-20-36(22-24-38)17-3-19-39(25-23-37)32(34(42)43)15-11-29-8-12-30(13-9-29)44-26-35/h4-9,12-13,31-32H,2-3,10-11,14-25H2,1H3,(H,40,41)(H,42,43). The maximum Gasteiger partial charge on any atom is 0.320 e. The molecule has 0 amide bonds. The monoisotopic (exact) mass is 621 g/mol. The lowest BCUT2D eigenvalue weighted by Crippen LogP contribution is -2.51. The van der Waals surface area contributed by atoms with Crippen molar-refractivity contribution in [2.75, 3.05) is 65.4 Å². The molecule has 2 aromatic rings. The summed E-state index contributed by atoms with van der Waals surface area (Å²) >= 11 is 1.13. The number of carbonyl (C=O) groups is 2. The number of thioether (sulfide) groups is 1. The van der Waals surface area contributed by atoms with E-state index < -0.39 is 24.0 Å². The number of nitrogens with zero attached hydrogens (tertiary/aromatic N) is 5. The lowest BCUT2D eigenvalue weighted by Gasteiger charge is -2.38. The number of aliphatic carboxylic acids is 2. The molecule has 0 aromatic heterocycles. The number of aryl methyl sites for hydroxylation is 3. The zero-order valence-electron chi connectivity index (χ0n) is 25.9. The van der Waals surface area contributed by atoms with E-state index in [1.54, 1.807) is 0 Å². The van der Waals surface area contributed by atoms with Gasteiger partial charge in [0.2, 0.25) is 0 Å². The van der Waals surface area contributed by atoms with Gasteiger partial charge in [0.25, 0.3) is 0 Å². The van der Waals surface area contributed by atoms with Crippen molar-refractivity contribution in [1.82, 2.24) is 19.6 Å². The Morgan fingerprint density at radius 3 is 1.57 bits per heavy atom. The van der Waals surface area contributed by atoms with E-state index in [0.29, 0.717) is 25.8 Å². The van der Waals surface area contributed by atoms with Crippen molar-refractivity contribution in [2.24, 2.45) is 0 Å². The number of nitriles is 1. The molecule has 4 unspecified atom stereocenters. The van der Waals surface area contributed by atoms with Gasteiger partial charge in [-0.05, 0) is 93.6 Å². The van der Waals surface area contributed by atoms with Crippen molar-refractivity contribution in [3.05, 3.63) is 65.2 Å². The first-order valence-corrected chi connectivity index (χ1v) is 16.7. The van der Waals surface area contributed by atoms with Crippen LogP contribution in [0.3, 0.4) is 0 Å². The number of thiocyanates is 1. The van der Waals surface area contributed by atoms with Crippen LogP contribution in [0.25, 0.3) is 0 Å². The summed E-state index contributed by atoms with van der Waals surface area (Å²) in [5.74, 6) is -1.52. The predicted octanol–water partition coefficient (Wildman–Crippen LogP) is 4.06. The molecule has 2 aliphatic heterocycles. The number of hydrogen-bond donors (Lipinski definition) is 2. The largest absolute Gasteiger partial charge is 0.480 e. The van der Waals surface area contributed by atoms with Crippen molar-refractivity contribution in [3.8, 4) is 5.40 Å². The summed E-state index contributed by atoms with van der Waals surface area (Å²) in [5.41, 5.74) is 3.46. The Balaban J connectivity index is 1.37. The third-order valence-corrected chi connectivity index (χ3v) is 9.65. The maximum absolute atomic E-state index is 12.4. The molecule has 0 aliphatic carbocycles. The number of rotatable bonds is 11. The van der Waals surface area contributed by atoms with E-state index in [9.17, 15) is 19.8 Å². The Labute approximate surface area is 266 Å². The SMILES string of the molecule is Cc1ccc(CCC(C(=O)O)N2CCCN3CCN(CCCN(C(CCc4ccc(SC#N)cc4)C(=O)O)CC3)CC2)cc1. The Kier molecular flexibility index (Phi) is 13.5. The van der Waals surface area contributed by atoms with Gasteiger partial charge in [-0.1, -0.05) is 42.0 Å². The van der Waals surface area contributed by atoms with E-state index in [0.717, 1.165) is 100 Å². The molecule has 10 heteroatoms. The third kappa shape index (κ3) is 10.6. The van der Waals surface area contributed by atoms with Crippen molar-refractivity contribution < 1.29 is 19.8 Å². The van der Waals surface area contributed by atoms with Crippen LogP contribution in [-0.2, 0) is 22.4 Å². The van der Waals surface area contributed by atoms with Gasteiger partial charge in [0.05, 0.1) is 0 Å². The fourth-order valence-corrected chi connectivity index (χ4v) is 6.78. The average Bonchev–Trinajstić information content (AvgIpc) is 3.01. The van der Waals surface area contributed by atoms with E-state index >= 15 is 0 Å². The van der Waals surface area contributed by atoms with E-state index in [4.69, 9.17) is 5.26 Å². The minimum atomic E-state index is -0.774. The Bertz CT molecular complexity index is 1240. The van der Waals surface area contributed by atoms with Gasteiger partial charge in [-0.3, -0.25) is 19.4 Å². The lowest BCUT2D eigenvalue weighted by atomic mass is 10.0. The first-order chi connectivity index (χ1) is 21.3. The molecule has 2 N–H and O–H groups in total. The van der Waals surface area contributed by atoms with E-state index in [1.165, 1.54) is 11.1 Å². The number of hydrogen-bond acceptors (Lipinski definition) is 8. The molecule has 4 rings (SSSR count). The van der Waals surface area contributed by atoms with Crippen LogP contribution in [0.2, 0.25) is 0 Å². The first-order valence-electron chi connectivity index (χ1n) is 15.9. The van der Waals surface area contributed by atoms with Gasteiger partial charge in [0.15, 0.2) is 0 Å². The number of benzene rings is 2. The summed E-state index contributed by atoms with van der Waals surface area (Å²) in [5, 5.41) is 31.4. The van der Waals surface area contributed by atoms with Gasteiger partial charge in [0.1, 0.15) is 17.5 Å². The fourth-order valence-electron chi connectivity index (χ4n) is 6.40. The highest BCUT2D eigenvalue weighted by atomic mass is 32.2. The van der Waals surface area contributed by atoms with Crippen LogP contribution in [0, 0.1) is 17.6 Å². The summed E-state index contributed by atoms with van der Waals surface area (Å²) < 4.78 is 0. The molecule has 2 saturated heterocycles. The Morgan fingerprint density at radius 2 is 1.14 bits per heavy atom. The van der Waals surface area contributed by atoms with Crippen LogP contribution in [0.15, 0.2) is 53.4 Å². The molecule has 2 heterocycles. The molecule has 0 saturated carbocycles. The molecule has 2 bridgehead atoms. The third-order valence-electron chi connectivity index (χ3n) is 9.05. The lowest BCUT2D eigenvalue weighted by molar-refractivity contribution is -0.145. The van der Waals surface area contributed by atoms with Crippen LogP contribution in [0.4, 0.5) is 0 Å². The molecule has 2 aromatic carbocycles. The highest BCUT2D eigenvalue weighted by Gasteiger charge is 2.29. The zero-order chi connectivity index (χ0) is 31.3. The molecule has 2 aliphatic rings. The van der Waals surface area contributed by atoms with Crippen molar-refractivity contribution in [3.63, 3.8) is 0 Å². The van der Waals surface area contributed by atoms with Gasteiger partial charge in [0, 0.05) is 57.3 Å². The van der Waals surface area contributed by atoms with Gasteiger partial charge >= 0.3 is 11.9 Å². The minimum absolute atomic E-state index is 0.507. The summed E-state index contributed by atoms with van der Waals surface area (Å²) in [6, 6.07) is 15.1. The highest BCUT2D eigenvalue weighted by Crippen LogP contribution is 2.20. The number of fused-ring (bicyclic) bond motifs is 3. The van der Waals surface area contributed by atoms with E-state index in [1.807, 2.05) is 24.3 Å². The summed E-state index contributed by atoms with van der Waals surface area (Å²) in [4.78, 5) is 35.0. The highest BCUT2D eigenvalue weighted by molar-refractivity contribution is 8.03. The second-order valence-electron chi connectivity index (χ2n) is 12.1. The number of carboxylic acid groups (broad SMARTS) is 2. The van der Waals surface area contributed by atoms with Crippen LogP contribution in [-0.4, -0.2) is 119 Å². The van der Waals surface area contributed by atoms with Gasteiger partial charge in [-0.2, -0.15) is 5.26 Å². The minimum Gasteiger partial charge on any atom is -0.480 e. The predicted molar refractivity (Wildman–Crippen MR) is 174 cm³/mol. The molecular weight excluding hydrogens is 574 g/mol. The quantitative estimate of drug-likeness (QED) is 0.282. The van der Waals surface area contributed by atoms with Gasteiger partial charge in [-0.25, -0.2) is 0 Å². The smallest absolute Gasteiger partial charge is 0.320 e. The molecule has 44 heavy (non-hydrogen) atoms. The van der Waals surface area contributed by atoms with Crippen molar-refractivity contribution in [2.45, 2.75) is 62.4 Å². The number of carboxylic acids is 2. The molecule has 0 spiro atoms. The fraction of sp³-hybridized carbons (Fsp3) is 0.559. The van der Waals surface area contributed by atoms with E-state index in [-0.39, 0.29) is 0 Å². The summed E-state index contributed by atoms with van der Waals surface area (Å²) in [6.45, 7) is 10.2. The normalized spacial score (nSPS) is 22.0. The second-order valence-corrected chi connectivity index (χ2v) is 12.9.